The van der Waals surface area contributed by atoms with Crippen molar-refractivity contribution in [2.45, 2.75) is 37.4 Å². The number of fused-ring (bicyclic) bond motifs is 1. The van der Waals surface area contributed by atoms with E-state index in [4.69, 9.17) is 0 Å². The van der Waals surface area contributed by atoms with Crippen LogP contribution in [-0.2, 0) is 12.8 Å². The van der Waals surface area contributed by atoms with Crippen molar-refractivity contribution in [3.8, 4) is 0 Å². The second kappa shape index (κ2) is 3.83. The van der Waals surface area contributed by atoms with Crippen molar-refractivity contribution < 1.29 is 0 Å². The molecule has 0 saturated carbocycles. The molecule has 0 aromatic heterocycles. The number of benzene rings is 1. The molecule has 1 aromatic carbocycles. The average molecular weight is 239 g/mol. The first-order chi connectivity index (χ1) is 6.29. The van der Waals surface area contributed by atoms with E-state index in [-0.39, 0.29) is 0 Å². The van der Waals surface area contributed by atoms with Gasteiger partial charge in [-0.15, -0.1) is 0 Å². The zero-order valence-corrected chi connectivity index (χ0v) is 9.60. The number of alkyl halides is 1. The van der Waals surface area contributed by atoms with Gasteiger partial charge in [-0.25, -0.2) is 0 Å². The molecule has 0 aliphatic heterocycles. The fraction of sp³-hybridized carbons (Fsp3) is 0.500. The molecule has 1 aliphatic carbocycles. The molecule has 0 radical (unpaired) electrons. The van der Waals surface area contributed by atoms with Crippen molar-refractivity contribution in [1.82, 2.24) is 0 Å². The van der Waals surface area contributed by atoms with E-state index in [0.29, 0.717) is 4.83 Å². The number of aryl methyl sites for hydroxylation is 1. The molecule has 0 heterocycles. The Hall–Kier alpha value is -0.300. The molecule has 0 N–H and O–H groups in total. The summed E-state index contributed by atoms with van der Waals surface area (Å²) in [5.41, 5.74) is 4.69. The van der Waals surface area contributed by atoms with Gasteiger partial charge >= 0.3 is 0 Å². The molecule has 13 heavy (non-hydrogen) atoms. The van der Waals surface area contributed by atoms with Crippen LogP contribution >= 0.6 is 15.9 Å². The van der Waals surface area contributed by atoms with Crippen LogP contribution in [0.2, 0.25) is 0 Å². The third-order valence-electron chi connectivity index (χ3n) is 2.86. The van der Waals surface area contributed by atoms with Crippen molar-refractivity contribution >= 4 is 15.9 Å². The molecular weight excluding hydrogens is 224 g/mol. The van der Waals surface area contributed by atoms with Gasteiger partial charge in [0.05, 0.1) is 0 Å². The van der Waals surface area contributed by atoms with E-state index in [9.17, 15) is 0 Å². The summed E-state index contributed by atoms with van der Waals surface area (Å²) in [7, 11) is 0. The molecule has 0 fully saturated rings. The monoisotopic (exact) mass is 238 g/mol. The lowest BCUT2D eigenvalue weighted by Crippen LogP contribution is -2.06. The maximum atomic E-state index is 3.66. The summed E-state index contributed by atoms with van der Waals surface area (Å²) < 4.78 is 0. The van der Waals surface area contributed by atoms with E-state index in [0.717, 1.165) is 0 Å². The Morgan fingerprint density at radius 3 is 2.77 bits per heavy atom. The molecule has 2 rings (SSSR count). The normalized spacial score (nSPS) is 18.0. The molecule has 0 nitrogen and oxygen atoms in total. The number of rotatable bonds is 1. The van der Waals surface area contributed by atoms with Gasteiger partial charge in [0.15, 0.2) is 0 Å². The summed E-state index contributed by atoms with van der Waals surface area (Å²) in [6.07, 6.45) is 5.29. The number of halogens is 1. The van der Waals surface area contributed by atoms with Crippen LogP contribution in [0.15, 0.2) is 18.2 Å². The minimum absolute atomic E-state index is 0.501. The van der Waals surface area contributed by atoms with Crippen molar-refractivity contribution in [1.29, 1.82) is 0 Å². The van der Waals surface area contributed by atoms with Crippen molar-refractivity contribution in [3.05, 3.63) is 34.9 Å². The summed E-state index contributed by atoms with van der Waals surface area (Å²) >= 11 is 3.66. The van der Waals surface area contributed by atoms with Gasteiger partial charge in [0.2, 0.25) is 0 Å². The number of hydrogen-bond donors (Lipinski definition) is 0. The fourth-order valence-corrected chi connectivity index (χ4v) is 2.61. The molecule has 0 spiro atoms. The highest BCUT2D eigenvalue weighted by Gasteiger charge is 2.14. The lowest BCUT2D eigenvalue weighted by atomic mass is 9.87. The summed E-state index contributed by atoms with van der Waals surface area (Å²) in [5.74, 6) is 0. The van der Waals surface area contributed by atoms with Gasteiger partial charge in [0.25, 0.3) is 0 Å². The van der Waals surface area contributed by atoms with Gasteiger partial charge in [-0.3, -0.25) is 0 Å². The lowest BCUT2D eigenvalue weighted by Gasteiger charge is -2.20. The first-order valence-electron chi connectivity index (χ1n) is 5.04. The molecule has 1 heteroatoms. The quantitative estimate of drug-likeness (QED) is 0.649. The van der Waals surface area contributed by atoms with Gasteiger partial charge in [0, 0.05) is 4.83 Å². The predicted octanol–water partition coefficient (Wildman–Crippen LogP) is 4.02. The molecule has 0 amide bonds. The maximum absolute atomic E-state index is 3.66. The standard InChI is InChI=1S/C12H15Br/c1-9(13)11-8-4-6-10-5-2-3-7-12(10)11/h4,6,8-9H,2-3,5,7H2,1H3. The van der Waals surface area contributed by atoms with Crippen LogP contribution < -0.4 is 0 Å². The van der Waals surface area contributed by atoms with Crippen LogP contribution in [0.4, 0.5) is 0 Å². The molecule has 1 atom stereocenters. The van der Waals surface area contributed by atoms with Crippen molar-refractivity contribution in [2.75, 3.05) is 0 Å². The van der Waals surface area contributed by atoms with Gasteiger partial charge in [-0.1, -0.05) is 34.1 Å². The van der Waals surface area contributed by atoms with Crippen LogP contribution in [0.5, 0.6) is 0 Å². The molecule has 70 valence electrons. The molecule has 1 aromatic rings. The minimum atomic E-state index is 0.501. The summed E-state index contributed by atoms with van der Waals surface area (Å²) in [6.45, 7) is 2.21. The maximum Gasteiger partial charge on any atom is 0.0369 e. The van der Waals surface area contributed by atoms with E-state index in [1.165, 1.54) is 31.2 Å². The third-order valence-corrected chi connectivity index (χ3v) is 3.35. The van der Waals surface area contributed by atoms with Gasteiger partial charge in [0.1, 0.15) is 0 Å². The Balaban J connectivity index is 2.46. The van der Waals surface area contributed by atoms with Gasteiger partial charge in [-0.2, -0.15) is 0 Å². The summed E-state index contributed by atoms with van der Waals surface area (Å²) in [4.78, 5) is 0.501. The summed E-state index contributed by atoms with van der Waals surface area (Å²) in [6, 6.07) is 6.73. The predicted molar refractivity (Wildman–Crippen MR) is 60.4 cm³/mol. The van der Waals surface area contributed by atoms with Gasteiger partial charge in [-0.05, 0) is 49.3 Å². The highest BCUT2D eigenvalue weighted by Crippen LogP contribution is 2.31. The first-order valence-corrected chi connectivity index (χ1v) is 5.95. The van der Waals surface area contributed by atoms with Crippen LogP contribution in [-0.4, -0.2) is 0 Å². The second-order valence-corrected chi connectivity index (χ2v) is 5.18. The van der Waals surface area contributed by atoms with E-state index in [2.05, 4.69) is 41.1 Å². The smallest absolute Gasteiger partial charge is 0.0369 e. The van der Waals surface area contributed by atoms with E-state index in [1.807, 2.05) is 0 Å². The fourth-order valence-electron chi connectivity index (χ4n) is 2.18. The zero-order chi connectivity index (χ0) is 9.26. The number of hydrogen-bond acceptors (Lipinski definition) is 0. The molecule has 1 unspecified atom stereocenters. The van der Waals surface area contributed by atoms with E-state index in [1.54, 1.807) is 11.1 Å². The highest BCUT2D eigenvalue weighted by atomic mass is 79.9. The Labute approximate surface area is 88.5 Å². The highest BCUT2D eigenvalue weighted by molar-refractivity contribution is 9.09. The summed E-state index contributed by atoms with van der Waals surface area (Å²) in [5, 5.41) is 0. The minimum Gasteiger partial charge on any atom is -0.0842 e. The van der Waals surface area contributed by atoms with Crippen molar-refractivity contribution in [2.24, 2.45) is 0 Å². The SMILES string of the molecule is CC(Br)c1cccc2c1CCCC2. The first kappa shape index (κ1) is 9.26. The zero-order valence-electron chi connectivity index (χ0n) is 8.02. The van der Waals surface area contributed by atoms with Crippen LogP contribution in [0.1, 0.15) is 41.3 Å². The molecule has 0 bridgehead atoms. The van der Waals surface area contributed by atoms with Crippen molar-refractivity contribution in [3.63, 3.8) is 0 Å². The van der Waals surface area contributed by atoms with Gasteiger partial charge < -0.3 is 0 Å². The van der Waals surface area contributed by atoms with Crippen LogP contribution in [0.3, 0.4) is 0 Å². The van der Waals surface area contributed by atoms with E-state index < -0.39 is 0 Å². The molecule has 0 saturated heterocycles. The molecule has 1 aliphatic rings. The largest absolute Gasteiger partial charge is 0.0842 e. The lowest BCUT2D eigenvalue weighted by molar-refractivity contribution is 0.679. The topological polar surface area (TPSA) is 0 Å². The average Bonchev–Trinajstić information content (AvgIpc) is 2.17. The second-order valence-electron chi connectivity index (χ2n) is 3.81. The van der Waals surface area contributed by atoms with Crippen LogP contribution in [0, 0.1) is 0 Å². The molecular formula is C12H15Br. The Morgan fingerprint density at radius 2 is 2.00 bits per heavy atom. The Morgan fingerprint density at radius 1 is 1.23 bits per heavy atom. The Kier molecular flexibility index (Phi) is 2.73. The third kappa shape index (κ3) is 1.80. The van der Waals surface area contributed by atoms with Crippen LogP contribution in [0.25, 0.3) is 0 Å². The van der Waals surface area contributed by atoms with E-state index >= 15 is 0 Å². The Bertz CT molecular complexity index is 302.